The Balaban J connectivity index is 2.09. The van der Waals surface area contributed by atoms with Gasteiger partial charge in [-0.3, -0.25) is 4.98 Å². The van der Waals surface area contributed by atoms with Crippen LogP contribution in [0.4, 0.5) is 0 Å². The predicted octanol–water partition coefficient (Wildman–Crippen LogP) is 2.29. The van der Waals surface area contributed by atoms with E-state index in [1.54, 1.807) is 6.20 Å². The van der Waals surface area contributed by atoms with Crippen molar-refractivity contribution in [3.63, 3.8) is 0 Å². The Morgan fingerprint density at radius 2 is 2.06 bits per heavy atom. The summed E-state index contributed by atoms with van der Waals surface area (Å²) in [6.45, 7) is 8.59. The fraction of sp³-hybridized carbons (Fsp3) is 0.429. The van der Waals surface area contributed by atoms with Crippen molar-refractivity contribution in [1.82, 2.24) is 19.4 Å². The molecule has 0 unspecified atom stereocenters. The lowest BCUT2D eigenvalue weighted by atomic mass is 10.2. The molecule has 0 fully saturated rings. The Morgan fingerprint density at radius 3 is 2.72 bits per heavy atom. The van der Waals surface area contributed by atoms with Gasteiger partial charge in [-0.1, -0.05) is 13.8 Å². The lowest BCUT2D eigenvalue weighted by Gasteiger charge is -2.18. The number of rotatable bonds is 6. The summed E-state index contributed by atoms with van der Waals surface area (Å²) in [6.07, 6.45) is 7.53. The van der Waals surface area contributed by atoms with Crippen LogP contribution in [0.1, 0.15) is 13.8 Å². The maximum Gasteiger partial charge on any atom is 0.141 e. The number of hydrogen-bond donors (Lipinski definition) is 0. The molecule has 0 atom stereocenters. The predicted molar refractivity (Wildman–Crippen MR) is 73.2 cm³/mol. The highest BCUT2D eigenvalue weighted by Crippen LogP contribution is 2.15. The zero-order valence-corrected chi connectivity index (χ0v) is 11.1. The molecule has 0 saturated carbocycles. The minimum Gasteiger partial charge on any atom is -0.330 e. The average Bonchev–Trinajstić information content (AvgIpc) is 2.89. The average molecular weight is 244 g/mol. The van der Waals surface area contributed by atoms with Crippen molar-refractivity contribution >= 4 is 0 Å². The Morgan fingerprint density at radius 1 is 1.22 bits per heavy atom. The van der Waals surface area contributed by atoms with Gasteiger partial charge < -0.3 is 9.47 Å². The van der Waals surface area contributed by atoms with E-state index in [9.17, 15) is 0 Å². The molecule has 0 spiro atoms. The highest BCUT2D eigenvalue weighted by molar-refractivity contribution is 5.53. The van der Waals surface area contributed by atoms with Crippen LogP contribution < -0.4 is 0 Å². The van der Waals surface area contributed by atoms with Gasteiger partial charge in [0.1, 0.15) is 5.82 Å². The van der Waals surface area contributed by atoms with Crippen molar-refractivity contribution < 1.29 is 0 Å². The number of imidazole rings is 1. The molecular weight excluding hydrogens is 224 g/mol. The topological polar surface area (TPSA) is 34.0 Å². The summed E-state index contributed by atoms with van der Waals surface area (Å²) in [5, 5.41) is 0. The van der Waals surface area contributed by atoms with E-state index in [1.165, 1.54) is 0 Å². The van der Waals surface area contributed by atoms with Gasteiger partial charge in [0.25, 0.3) is 0 Å². The molecule has 0 aliphatic rings. The highest BCUT2D eigenvalue weighted by atomic mass is 15.2. The molecule has 0 aliphatic carbocycles. The summed E-state index contributed by atoms with van der Waals surface area (Å²) in [6, 6.07) is 3.99. The number of pyridine rings is 1. The lowest BCUT2D eigenvalue weighted by molar-refractivity contribution is 0.291. The van der Waals surface area contributed by atoms with Gasteiger partial charge in [0.15, 0.2) is 0 Å². The summed E-state index contributed by atoms with van der Waals surface area (Å²) in [4.78, 5) is 11.0. The molecule has 2 aromatic heterocycles. The molecule has 0 radical (unpaired) electrons. The molecule has 2 heterocycles. The Kier molecular flexibility index (Phi) is 4.47. The third kappa shape index (κ3) is 2.96. The zero-order chi connectivity index (χ0) is 12.8. The standard InChI is InChI=1S/C14H20N4/c1-3-17(4-2)10-11-18-9-8-16-14(18)13-6-5-7-15-12-13/h5-9,12H,3-4,10-11H2,1-2H3. The number of hydrogen-bond acceptors (Lipinski definition) is 3. The first-order valence-corrected chi connectivity index (χ1v) is 6.49. The van der Waals surface area contributed by atoms with E-state index in [4.69, 9.17) is 0 Å². The van der Waals surface area contributed by atoms with Crippen LogP contribution in [-0.4, -0.2) is 39.1 Å². The summed E-state index contributed by atoms with van der Waals surface area (Å²) in [7, 11) is 0. The highest BCUT2D eigenvalue weighted by Gasteiger charge is 2.06. The van der Waals surface area contributed by atoms with E-state index in [1.807, 2.05) is 30.7 Å². The van der Waals surface area contributed by atoms with Gasteiger partial charge in [-0.25, -0.2) is 4.98 Å². The summed E-state index contributed by atoms with van der Waals surface area (Å²) >= 11 is 0. The summed E-state index contributed by atoms with van der Waals surface area (Å²) in [5.41, 5.74) is 1.07. The fourth-order valence-electron chi connectivity index (χ4n) is 2.03. The van der Waals surface area contributed by atoms with Gasteiger partial charge >= 0.3 is 0 Å². The van der Waals surface area contributed by atoms with E-state index in [2.05, 4.69) is 33.3 Å². The van der Waals surface area contributed by atoms with Crippen molar-refractivity contribution in [2.75, 3.05) is 19.6 Å². The molecular formula is C14H20N4. The van der Waals surface area contributed by atoms with Crippen molar-refractivity contribution in [2.24, 2.45) is 0 Å². The van der Waals surface area contributed by atoms with E-state index in [0.717, 1.165) is 37.6 Å². The molecule has 0 amide bonds. The largest absolute Gasteiger partial charge is 0.330 e. The van der Waals surface area contributed by atoms with E-state index >= 15 is 0 Å². The van der Waals surface area contributed by atoms with Crippen LogP contribution in [0.2, 0.25) is 0 Å². The lowest BCUT2D eigenvalue weighted by Crippen LogP contribution is -2.27. The maximum absolute atomic E-state index is 4.42. The van der Waals surface area contributed by atoms with E-state index < -0.39 is 0 Å². The third-order valence-electron chi connectivity index (χ3n) is 3.19. The minimum absolute atomic E-state index is 0.964. The molecule has 2 aromatic rings. The monoisotopic (exact) mass is 244 g/mol. The molecule has 0 aliphatic heterocycles. The van der Waals surface area contributed by atoms with Crippen molar-refractivity contribution in [3.8, 4) is 11.4 Å². The van der Waals surface area contributed by atoms with Crippen LogP contribution in [0.15, 0.2) is 36.9 Å². The van der Waals surface area contributed by atoms with Gasteiger partial charge in [0.2, 0.25) is 0 Å². The molecule has 0 N–H and O–H groups in total. The van der Waals surface area contributed by atoms with E-state index in [0.29, 0.717) is 0 Å². The molecule has 0 bridgehead atoms. The van der Waals surface area contributed by atoms with Crippen LogP contribution in [0, 0.1) is 0 Å². The van der Waals surface area contributed by atoms with Crippen LogP contribution in [0.3, 0.4) is 0 Å². The molecule has 18 heavy (non-hydrogen) atoms. The minimum atomic E-state index is 0.964. The Bertz CT molecular complexity index is 460. The van der Waals surface area contributed by atoms with Crippen LogP contribution in [0.5, 0.6) is 0 Å². The number of nitrogens with zero attached hydrogens (tertiary/aromatic N) is 4. The normalized spacial score (nSPS) is 11.1. The maximum atomic E-state index is 4.42. The summed E-state index contributed by atoms with van der Waals surface area (Å²) in [5.74, 6) is 0.996. The molecule has 0 saturated heterocycles. The third-order valence-corrected chi connectivity index (χ3v) is 3.19. The van der Waals surface area contributed by atoms with E-state index in [-0.39, 0.29) is 0 Å². The second-order valence-corrected chi connectivity index (χ2v) is 4.21. The second kappa shape index (κ2) is 6.31. The first kappa shape index (κ1) is 12.8. The van der Waals surface area contributed by atoms with Crippen molar-refractivity contribution in [2.45, 2.75) is 20.4 Å². The molecule has 4 heteroatoms. The van der Waals surface area contributed by atoms with Gasteiger partial charge in [0, 0.05) is 43.4 Å². The van der Waals surface area contributed by atoms with Crippen LogP contribution >= 0.6 is 0 Å². The first-order valence-electron chi connectivity index (χ1n) is 6.49. The second-order valence-electron chi connectivity index (χ2n) is 4.21. The van der Waals surface area contributed by atoms with Crippen molar-refractivity contribution in [1.29, 1.82) is 0 Å². The SMILES string of the molecule is CCN(CC)CCn1ccnc1-c1cccnc1. The fourth-order valence-corrected chi connectivity index (χ4v) is 2.03. The molecule has 0 aromatic carbocycles. The Labute approximate surface area is 108 Å². The molecule has 4 nitrogen and oxygen atoms in total. The van der Waals surface area contributed by atoms with Gasteiger partial charge in [-0.15, -0.1) is 0 Å². The van der Waals surface area contributed by atoms with Crippen LogP contribution in [0.25, 0.3) is 11.4 Å². The number of likely N-dealkylation sites (N-methyl/N-ethyl adjacent to an activating group) is 1. The first-order chi connectivity index (χ1) is 8.85. The van der Waals surface area contributed by atoms with Crippen molar-refractivity contribution in [3.05, 3.63) is 36.9 Å². The molecule has 96 valence electrons. The molecule has 2 rings (SSSR count). The smallest absolute Gasteiger partial charge is 0.141 e. The quantitative estimate of drug-likeness (QED) is 0.782. The van der Waals surface area contributed by atoms with Crippen LogP contribution in [-0.2, 0) is 6.54 Å². The van der Waals surface area contributed by atoms with Gasteiger partial charge in [0.05, 0.1) is 0 Å². The van der Waals surface area contributed by atoms with Gasteiger partial charge in [-0.2, -0.15) is 0 Å². The zero-order valence-electron chi connectivity index (χ0n) is 11.1. The Hall–Kier alpha value is -1.68. The summed E-state index contributed by atoms with van der Waals surface area (Å²) < 4.78 is 2.19. The number of aromatic nitrogens is 3. The van der Waals surface area contributed by atoms with Gasteiger partial charge in [-0.05, 0) is 25.2 Å².